The van der Waals surface area contributed by atoms with Crippen LogP contribution in [-0.2, 0) is 0 Å². The molecule has 0 unspecified atom stereocenters. The molecular formula is C21H12N4. The molecule has 0 aliphatic carbocycles. The Labute approximate surface area is 146 Å². The van der Waals surface area contributed by atoms with Gasteiger partial charge in [-0.2, -0.15) is 10.5 Å². The van der Waals surface area contributed by atoms with E-state index in [0.717, 1.165) is 16.7 Å². The second-order valence-electron chi connectivity index (χ2n) is 5.50. The Morgan fingerprint density at radius 1 is 0.960 bits per heavy atom. The van der Waals surface area contributed by atoms with Crippen molar-refractivity contribution in [1.82, 2.24) is 4.98 Å². The maximum Gasteiger partial charge on any atom is 0.197 e. The predicted octanol–water partition coefficient (Wildman–Crippen LogP) is 5.02. The van der Waals surface area contributed by atoms with Crippen LogP contribution in [0.3, 0.4) is 0 Å². The first kappa shape index (κ1) is 15.9. The first-order valence-corrected chi connectivity index (χ1v) is 7.56. The number of hydrogen-bond acceptors (Lipinski definition) is 3. The van der Waals surface area contributed by atoms with Gasteiger partial charge in [-0.25, -0.2) is 4.85 Å². The van der Waals surface area contributed by atoms with E-state index in [1.54, 1.807) is 12.3 Å². The Morgan fingerprint density at radius 2 is 1.64 bits per heavy atom. The molecule has 0 spiro atoms. The Kier molecular flexibility index (Phi) is 4.25. The highest BCUT2D eigenvalue weighted by atomic mass is 14.7. The van der Waals surface area contributed by atoms with Gasteiger partial charge in [0.15, 0.2) is 5.69 Å². The summed E-state index contributed by atoms with van der Waals surface area (Å²) in [7, 11) is 0. The summed E-state index contributed by atoms with van der Waals surface area (Å²) in [5.74, 6) is 0. The number of aryl methyl sites for hydroxylation is 1. The fraction of sp³-hybridized carbons (Fsp3) is 0.0476. The number of nitrogens with zero attached hydrogens (tertiary/aromatic N) is 4. The number of hydrogen-bond donors (Lipinski definition) is 0. The summed E-state index contributed by atoms with van der Waals surface area (Å²) in [4.78, 5) is 7.94. The van der Waals surface area contributed by atoms with Crippen molar-refractivity contribution in [3.8, 4) is 34.5 Å². The molecule has 3 rings (SSSR count). The van der Waals surface area contributed by atoms with Gasteiger partial charge in [-0.3, -0.25) is 4.98 Å². The molecular weight excluding hydrogens is 308 g/mol. The molecule has 0 saturated heterocycles. The smallest absolute Gasteiger partial charge is 0.197 e. The standard InChI is InChI=1S/C21H12N4/c1-14-13-25-21(10-18(14)15-6-4-3-5-7-15)19-8-16(11-22)17(12-23)9-20(19)24-2/h3-10,13H,1H3. The third-order valence-corrected chi connectivity index (χ3v) is 3.96. The molecule has 0 amide bonds. The maximum atomic E-state index is 9.26. The van der Waals surface area contributed by atoms with E-state index in [9.17, 15) is 5.26 Å². The van der Waals surface area contributed by atoms with E-state index in [1.165, 1.54) is 6.07 Å². The van der Waals surface area contributed by atoms with Crippen molar-refractivity contribution in [3.63, 3.8) is 0 Å². The molecule has 0 N–H and O–H groups in total. The van der Waals surface area contributed by atoms with E-state index in [0.29, 0.717) is 16.9 Å². The van der Waals surface area contributed by atoms with E-state index in [1.807, 2.05) is 55.5 Å². The molecule has 2 aromatic carbocycles. The molecule has 1 heterocycles. The molecule has 0 aliphatic rings. The molecule has 0 radical (unpaired) electrons. The number of aromatic nitrogens is 1. The minimum absolute atomic E-state index is 0.202. The SMILES string of the molecule is [C-]#[N+]c1cc(C#N)c(C#N)cc1-c1cc(-c2ccccc2)c(C)cn1. The van der Waals surface area contributed by atoms with Crippen LogP contribution in [0.4, 0.5) is 5.69 Å². The maximum absolute atomic E-state index is 9.26. The van der Waals surface area contributed by atoms with Gasteiger partial charge < -0.3 is 0 Å². The van der Waals surface area contributed by atoms with Crippen molar-refractivity contribution >= 4 is 5.69 Å². The quantitative estimate of drug-likeness (QED) is 0.623. The average Bonchev–Trinajstić information content (AvgIpc) is 2.68. The topological polar surface area (TPSA) is 64.8 Å². The van der Waals surface area contributed by atoms with Gasteiger partial charge in [-0.1, -0.05) is 30.3 Å². The number of nitriles is 2. The summed E-state index contributed by atoms with van der Waals surface area (Å²) < 4.78 is 0. The van der Waals surface area contributed by atoms with Crippen molar-refractivity contribution in [3.05, 3.63) is 82.8 Å². The fourth-order valence-electron chi connectivity index (χ4n) is 2.67. The van der Waals surface area contributed by atoms with E-state index >= 15 is 0 Å². The molecule has 0 atom stereocenters. The second-order valence-corrected chi connectivity index (χ2v) is 5.50. The molecule has 116 valence electrons. The van der Waals surface area contributed by atoms with Crippen LogP contribution in [0.25, 0.3) is 27.2 Å². The van der Waals surface area contributed by atoms with Crippen LogP contribution in [0.15, 0.2) is 54.7 Å². The summed E-state index contributed by atoms with van der Waals surface area (Å²) in [5, 5.41) is 18.4. The van der Waals surface area contributed by atoms with E-state index in [4.69, 9.17) is 11.8 Å². The molecule has 0 saturated carbocycles. The average molecular weight is 320 g/mol. The summed E-state index contributed by atoms with van der Waals surface area (Å²) in [5.41, 5.74) is 5.02. The van der Waals surface area contributed by atoms with Gasteiger partial charge in [-0.15, -0.1) is 0 Å². The third-order valence-electron chi connectivity index (χ3n) is 3.96. The van der Waals surface area contributed by atoms with E-state index in [-0.39, 0.29) is 11.1 Å². The molecule has 25 heavy (non-hydrogen) atoms. The number of pyridine rings is 1. The van der Waals surface area contributed by atoms with Crippen LogP contribution in [-0.4, -0.2) is 4.98 Å². The van der Waals surface area contributed by atoms with Gasteiger partial charge in [0.05, 0.1) is 29.5 Å². The van der Waals surface area contributed by atoms with Crippen molar-refractivity contribution in [2.75, 3.05) is 0 Å². The van der Waals surface area contributed by atoms with Gasteiger partial charge in [0.1, 0.15) is 6.07 Å². The Bertz CT molecular complexity index is 1080. The molecule has 1 aromatic heterocycles. The van der Waals surface area contributed by atoms with Crippen LogP contribution in [0, 0.1) is 36.2 Å². The van der Waals surface area contributed by atoms with Gasteiger partial charge in [0.2, 0.25) is 0 Å². The van der Waals surface area contributed by atoms with E-state index in [2.05, 4.69) is 9.83 Å². The van der Waals surface area contributed by atoms with Crippen LogP contribution in [0.2, 0.25) is 0 Å². The van der Waals surface area contributed by atoms with E-state index < -0.39 is 0 Å². The van der Waals surface area contributed by atoms with Gasteiger partial charge in [0.25, 0.3) is 0 Å². The third kappa shape index (κ3) is 2.95. The van der Waals surface area contributed by atoms with Crippen LogP contribution in [0.5, 0.6) is 0 Å². The van der Waals surface area contributed by atoms with Gasteiger partial charge in [0, 0.05) is 11.8 Å². The van der Waals surface area contributed by atoms with Crippen molar-refractivity contribution in [2.45, 2.75) is 6.92 Å². The first-order chi connectivity index (χ1) is 12.2. The Hall–Kier alpha value is -3.94. The lowest BCUT2D eigenvalue weighted by atomic mass is 9.97. The Morgan fingerprint density at radius 3 is 2.28 bits per heavy atom. The lowest BCUT2D eigenvalue weighted by Gasteiger charge is -2.11. The largest absolute Gasteiger partial charge is 0.257 e. The fourth-order valence-corrected chi connectivity index (χ4v) is 2.67. The minimum Gasteiger partial charge on any atom is -0.257 e. The van der Waals surface area contributed by atoms with Crippen LogP contribution < -0.4 is 0 Å². The molecule has 4 nitrogen and oxygen atoms in total. The zero-order chi connectivity index (χ0) is 17.8. The summed E-state index contributed by atoms with van der Waals surface area (Å²) in [6.07, 6.45) is 1.76. The van der Waals surface area contributed by atoms with Crippen molar-refractivity contribution < 1.29 is 0 Å². The molecule has 0 bridgehead atoms. The molecule has 4 heteroatoms. The van der Waals surface area contributed by atoms with Crippen molar-refractivity contribution in [1.29, 1.82) is 10.5 Å². The first-order valence-electron chi connectivity index (χ1n) is 7.56. The van der Waals surface area contributed by atoms with Gasteiger partial charge >= 0.3 is 0 Å². The molecule has 0 aliphatic heterocycles. The Balaban J connectivity index is 2.24. The summed E-state index contributed by atoms with van der Waals surface area (Å²) >= 11 is 0. The molecule has 3 aromatic rings. The zero-order valence-corrected chi connectivity index (χ0v) is 13.5. The van der Waals surface area contributed by atoms with Crippen molar-refractivity contribution in [2.24, 2.45) is 0 Å². The summed E-state index contributed by atoms with van der Waals surface area (Å²) in [6, 6.07) is 18.8. The second kappa shape index (κ2) is 6.67. The zero-order valence-electron chi connectivity index (χ0n) is 13.5. The minimum atomic E-state index is 0.202. The lowest BCUT2D eigenvalue weighted by Crippen LogP contribution is -1.92. The predicted molar refractivity (Wildman–Crippen MR) is 95.5 cm³/mol. The van der Waals surface area contributed by atoms with Crippen LogP contribution >= 0.6 is 0 Å². The summed E-state index contributed by atoms with van der Waals surface area (Å²) in [6.45, 7) is 9.38. The normalized spacial score (nSPS) is 9.68. The van der Waals surface area contributed by atoms with Gasteiger partial charge in [-0.05, 0) is 41.8 Å². The number of benzene rings is 2. The monoisotopic (exact) mass is 320 g/mol. The highest BCUT2D eigenvalue weighted by Gasteiger charge is 2.14. The molecule has 0 fully saturated rings. The highest BCUT2D eigenvalue weighted by molar-refractivity contribution is 5.82. The highest BCUT2D eigenvalue weighted by Crippen LogP contribution is 2.34. The van der Waals surface area contributed by atoms with Crippen LogP contribution in [0.1, 0.15) is 16.7 Å². The lowest BCUT2D eigenvalue weighted by molar-refractivity contribution is 1.27. The number of rotatable bonds is 2.